The molecule has 0 spiro atoms. The van der Waals surface area contributed by atoms with Crippen LogP contribution < -0.4 is 10.1 Å². The summed E-state index contributed by atoms with van der Waals surface area (Å²) in [5, 5.41) is 2.98. The largest absolute Gasteiger partial charge is 0.484 e. The van der Waals surface area contributed by atoms with E-state index in [2.05, 4.69) is 26.1 Å². The Kier molecular flexibility index (Phi) is 6.53. The van der Waals surface area contributed by atoms with Crippen LogP contribution in [0.3, 0.4) is 0 Å². The lowest BCUT2D eigenvalue weighted by Gasteiger charge is -2.33. The topological polar surface area (TPSA) is 54.7 Å². The molecule has 2 aromatic rings. The van der Waals surface area contributed by atoms with Crippen LogP contribution >= 0.6 is 15.9 Å². The van der Waals surface area contributed by atoms with Crippen LogP contribution in [0.4, 0.5) is 0 Å². The molecule has 1 aromatic carbocycles. The molecular formula is C19H23BrN2O3. The van der Waals surface area contributed by atoms with Gasteiger partial charge in [-0.3, -0.25) is 9.69 Å². The number of hydrogen-bond acceptors (Lipinski definition) is 4. The van der Waals surface area contributed by atoms with Crippen LogP contribution in [0.15, 0.2) is 51.6 Å². The van der Waals surface area contributed by atoms with Crippen LogP contribution in [0.25, 0.3) is 0 Å². The first-order chi connectivity index (χ1) is 12.2. The molecule has 3 rings (SSSR count). The molecule has 6 heteroatoms. The molecule has 1 aliphatic rings. The van der Waals surface area contributed by atoms with Crippen molar-refractivity contribution in [3.05, 3.63) is 52.9 Å². The van der Waals surface area contributed by atoms with E-state index >= 15 is 0 Å². The first-order valence-electron chi connectivity index (χ1n) is 8.65. The van der Waals surface area contributed by atoms with Crippen molar-refractivity contribution in [3.63, 3.8) is 0 Å². The van der Waals surface area contributed by atoms with Crippen LogP contribution in [0.5, 0.6) is 5.75 Å². The standard InChI is InChI=1S/C19H23BrN2O3/c20-15-6-8-16(9-7-15)25-14-19(23)21-13-17(18-5-4-12-24-18)22-10-2-1-3-11-22/h4-9,12,17H,1-3,10-11,13-14H2,(H,21,23)/t17-/m1/s1. The van der Waals surface area contributed by atoms with E-state index in [1.165, 1.54) is 19.3 Å². The summed E-state index contributed by atoms with van der Waals surface area (Å²) >= 11 is 3.37. The van der Waals surface area contributed by atoms with Gasteiger partial charge in [0, 0.05) is 11.0 Å². The summed E-state index contributed by atoms with van der Waals surface area (Å²) in [4.78, 5) is 14.5. The lowest BCUT2D eigenvalue weighted by molar-refractivity contribution is -0.123. The molecule has 1 atom stereocenters. The summed E-state index contributed by atoms with van der Waals surface area (Å²) in [5.41, 5.74) is 0. The third-order valence-electron chi connectivity index (χ3n) is 4.38. The molecule has 1 aliphatic heterocycles. The number of benzene rings is 1. The van der Waals surface area contributed by atoms with Gasteiger partial charge in [-0.05, 0) is 62.3 Å². The summed E-state index contributed by atoms with van der Waals surface area (Å²) in [6, 6.07) is 11.4. The van der Waals surface area contributed by atoms with Crippen LogP contribution in [0, 0.1) is 0 Å². The summed E-state index contributed by atoms with van der Waals surface area (Å²) < 4.78 is 12.1. The Morgan fingerprint density at radius 3 is 2.64 bits per heavy atom. The Balaban J connectivity index is 1.51. The number of nitrogens with one attached hydrogen (secondary N) is 1. The minimum absolute atomic E-state index is 0.00646. The number of ether oxygens (including phenoxy) is 1. The summed E-state index contributed by atoms with van der Waals surface area (Å²) in [7, 11) is 0. The quantitative estimate of drug-likeness (QED) is 0.760. The molecule has 5 nitrogen and oxygen atoms in total. The zero-order valence-corrected chi connectivity index (χ0v) is 15.7. The van der Waals surface area contributed by atoms with E-state index in [4.69, 9.17) is 9.15 Å². The maximum absolute atomic E-state index is 12.1. The highest BCUT2D eigenvalue weighted by atomic mass is 79.9. The monoisotopic (exact) mass is 406 g/mol. The lowest BCUT2D eigenvalue weighted by atomic mass is 10.1. The number of carbonyl (C=O) groups excluding carboxylic acids is 1. The SMILES string of the molecule is O=C(COc1ccc(Br)cc1)NC[C@H](c1ccco1)N1CCCCC1. The second-order valence-corrected chi connectivity index (χ2v) is 7.09. The predicted molar refractivity (Wildman–Crippen MR) is 99.5 cm³/mol. The molecule has 2 heterocycles. The minimum Gasteiger partial charge on any atom is -0.484 e. The number of piperidine rings is 1. The maximum atomic E-state index is 12.1. The van der Waals surface area contributed by atoms with Gasteiger partial charge in [-0.15, -0.1) is 0 Å². The van der Waals surface area contributed by atoms with E-state index in [0.717, 1.165) is 23.3 Å². The Morgan fingerprint density at radius 2 is 1.96 bits per heavy atom. The third kappa shape index (κ3) is 5.34. The number of rotatable bonds is 7. The number of furan rings is 1. The van der Waals surface area contributed by atoms with Gasteiger partial charge in [-0.25, -0.2) is 0 Å². The molecule has 1 amide bonds. The van der Waals surface area contributed by atoms with Crippen LogP contribution in [-0.4, -0.2) is 37.0 Å². The van der Waals surface area contributed by atoms with E-state index in [0.29, 0.717) is 12.3 Å². The Hall–Kier alpha value is -1.79. The summed E-state index contributed by atoms with van der Waals surface area (Å²) in [5.74, 6) is 1.45. The average molecular weight is 407 g/mol. The number of carbonyl (C=O) groups is 1. The second kappa shape index (κ2) is 9.06. The highest BCUT2D eigenvalue weighted by Crippen LogP contribution is 2.24. The lowest BCUT2D eigenvalue weighted by Crippen LogP contribution is -2.41. The van der Waals surface area contributed by atoms with Crippen molar-refractivity contribution in [2.75, 3.05) is 26.2 Å². The van der Waals surface area contributed by atoms with Gasteiger partial charge in [0.25, 0.3) is 5.91 Å². The molecule has 25 heavy (non-hydrogen) atoms. The maximum Gasteiger partial charge on any atom is 0.258 e. The van der Waals surface area contributed by atoms with Gasteiger partial charge in [0.1, 0.15) is 11.5 Å². The molecule has 134 valence electrons. The molecule has 0 unspecified atom stereocenters. The fraction of sp³-hybridized carbons (Fsp3) is 0.421. The molecule has 1 aromatic heterocycles. The second-order valence-electron chi connectivity index (χ2n) is 6.17. The van der Waals surface area contributed by atoms with E-state index in [9.17, 15) is 4.79 Å². The highest BCUT2D eigenvalue weighted by molar-refractivity contribution is 9.10. The average Bonchev–Trinajstić information content (AvgIpc) is 3.17. The molecule has 1 saturated heterocycles. The zero-order chi connectivity index (χ0) is 17.5. The Bertz CT molecular complexity index is 652. The van der Waals surface area contributed by atoms with Gasteiger partial charge >= 0.3 is 0 Å². The van der Waals surface area contributed by atoms with Crippen LogP contribution in [0.1, 0.15) is 31.1 Å². The van der Waals surface area contributed by atoms with Crippen molar-refractivity contribution in [1.82, 2.24) is 10.2 Å². The molecule has 1 N–H and O–H groups in total. The van der Waals surface area contributed by atoms with Gasteiger partial charge in [-0.1, -0.05) is 22.4 Å². The first kappa shape index (κ1) is 18.0. The molecule has 0 aliphatic carbocycles. The number of nitrogens with zero attached hydrogens (tertiary/aromatic N) is 1. The van der Waals surface area contributed by atoms with Crippen molar-refractivity contribution in [2.24, 2.45) is 0 Å². The molecule has 0 saturated carbocycles. The van der Waals surface area contributed by atoms with E-state index in [-0.39, 0.29) is 18.6 Å². The van der Waals surface area contributed by atoms with Crippen molar-refractivity contribution in [1.29, 1.82) is 0 Å². The smallest absolute Gasteiger partial charge is 0.258 e. The molecule has 0 radical (unpaired) electrons. The number of hydrogen-bond donors (Lipinski definition) is 1. The number of amides is 1. The van der Waals surface area contributed by atoms with Gasteiger partial charge in [0.15, 0.2) is 6.61 Å². The van der Waals surface area contributed by atoms with Gasteiger partial charge < -0.3 is 14.5 Å². The van der Waals surface area contributed by atoms with E-state index in [1.807, 2.05) is 36.4 Å². The Morgan fingerprint density at radius 1 is 1.20 bits per heavy atom. The normalized spacial score (nSPS) is 16.4. The van der Waals surface area contributed by atoms with Crippen molar-refractivity contribution in [2.45, 2.75) is 25.3 Å². The van der Waals surface area contributed by atoms with Gasteiger partial charge in [-0.2, -0.15) is 0 Å². The van der Waals surface area contributed by atoms with E-state index < -0.39 is 0 Å². The fourth-order valence-corrected chi connectivity index (χ4v) is 3.33. The molecule has 1 fully saturated rings. The molecule has 0 bridgehead atoms. The zero-order valence-electron chi connectivity index (χ0n) is 14.1. The predicted octanol–water partition coefficient (Wildman–Crippen LogP) is 3.76. The van der Waals surface area contributed by atoms with Crippen molar-refractivity contribution < 1.29 is 13.9 Å². The minimum atomic E-state index is -0.128. The van der Waals surface area contributed by atoms with Crippen LogP contribution in [0.2, 0.25) is 0 Å². The first-order valence-corrected chi connectivity index (χ1v) is 9.44. The number of halogens is 1. The number of likely N-dealkylation sites (tertiary alicyclic amines) is 1. The van der Waals surface area contributed by atoms with Gasteiger partial charge in [0.05, 0.1) is 12.3 Å². The van der Waals surface area contributed by atoms with Crippen molar-refractivity contribution in [3.8, 4) is 5.75 Å². The fourth-order valence-electron chi connectivity index (χ4n) is 3.06. The summed E-state index contributed by atoms with van der Waals surface area (Å²) in [6.45, 7) is 2.61. The van der Waals surface area contributed by atoms with Crippen LogP contribution in [-0.2, 0) is 4.79 Å². The van der Waals surface area contributed by atoms with Gasteiger partial charge in [0.2, 0.25) is 0 Å². The highest BCUT2D eigenvalue weighted by Gasteiger charge is 2.24. The Labute approximate surface area is 156 Å². The van der Waals surface area contributed by atoms with Crippen molar-refractivity contribution >= 4 is 21.8 Å². The summed E-state index contributed by atoms with van der Waals surface area (Å²) in [6.07, 6.45) is 5.34. The van der Waals surface area contributed by atoms with E-state index in [1.54, 1.807) is 6.26 Å². The third-order valence-corrected chi connectivity index (χ3v) is 4.91. The molecular weight excluding hydrogens is 384 g/mol.